The van der Waals surface area contributed by atoms with Gasteiger partial charge in [-0.3, -0.25) is 4.79 Å². The first-order valence-electron chi connectivity index (χ1n) is 7.20. The van der Waals surface area contributed by atoms with Crippen molar-refractivity contribution in [2.24, 2.45) is 5.41 Å². The summed E-state index contributed by atoms with van der Waals surface area (Å²) in [6.07, 6.45) is 7.88. The summed E-state index contributed by atoms with van der Waals surface area (Å²) >= 11 is 0. The highest BCUT2D eigenvalue weighted by Crippen LogP contribution is 2.40. The van der Waals surface area contributed by atoms with Crippen LogP contribution in [-0.4, -0.2) is 46.4 Å². The predicted molar refractivity (Wildman–Crippen MR) is 72.8 cm³/mol. The quantitative estimate of drug-likeness (QED) is 0.747. The maximum atomic E-state index is 12.1. The van der Waals surface area contributed by atoms with Crippen molar-refractivity contribution >= 4 is 5.91 Å². The van der Waals surface area contributed by atoms with Gasteiger partial charge in [0.25, 0.3) is 0 Å². The maximum Gasteiger partial charge on any atom is 0.220 e. The molecule has 0 atom stereocenters. The third-order valence-electron chi connectivity index (χ3n) is 3.97. The Morgan fingerprint density at radius 3 is 2.85 bits per heavy atom. The van der Waals surface area contributed by atoms with Gasteiger partial charge in [0.05, 0.1) is 13.2 Å². The number of rotatable bonds is 7. The summed E-state index contributed by atoms with van der Waals surface area (Å²) in [5, 5.41) is 14.2. The Kier molecular flexibility index (Phi) is 5.46. The number of nitrogens with zero attached hydrogens (tertiary/aromatic N) is 4. The molecule has 2 rings (SSSR count). The van der Waals surface area contributed by atoms with Gasteiger partial charge in [-0.05, 0) is 28.7 Å². The van der Waals surface area contributed by atoms with E-state index in [4.69, 9.17) is 4.74 Å². The Balaban J connectivity index is 1.94. The van der Waals surface area contributed by atoms with Crippen LogP contribution in [0.5, 0.6) is 0 Å². The van der Waals surface area contributed by atoms with Crippen LogP contribution < -0.4 is 5.32 Å². The molecule has 1 aromatic heterocycles. The van der Waals surface area contributed by atoms with E-state index in [0.717, 1.165) is 19.4 Å². The van der Waals surface area contributed by atoms with E-state index in [0.29, 0.717) is 19.6 Å². The molecule has 112 valence electrons. The first-order valence-corrected chi connectivity index (χ1v) is 7.20. The zero-order valence-electron chi connectivity index (χ0n) is 12.0. The third-order valence-corrected chi connectivity index (χ3v) is 3.97. The van der Waals surface area contributed by atoms with Crippen molar-refractivity contribution in [3.63, 3.8) is 0 Å². The molecular formula is C13H23N5O2. The van der Waals surface area contributed by atoms with Crippen molar-refractivity contribution in [3.05, 3.63) is 6.33 Å². The van der Waals surface area contributed by atoms with Gasteiger partial charge in [-0.1, -0.05) is 19.3 Å². The van der Waals surface area contributed by atoms with Gasteiger partial charge in [0.15, 0.2) is 0 Å². The molecule has 0 spiro atoms. The number of tetrazole rings is 1. The number of carbonyl (C=O) groups excluding carboxylic acids is 1. The van der Waals surface area contributed by atoms with Gasteiger partial charge in [-0.2, -0.15) is 0 Å². The number of hydrogen-bond acceptors (Lipinski definition) is 5. The van der Waals surface area contributed by atoms with Crippen LogP contribution in [0.15, 0.2) is 6.33 Å². The molecule has 1 aliphatic rings. The Morgan fingerprint density at radius 1 is 1.40 bits per heavy atom. The highest BCUT2D eigenvalue weighted by Gasteiger charge is 2.35. The van der Waals surface area contributed by atoms with Gasteiger partial charge >= 0.3 is 0 Å². The topological polar surface area (TPSA) is 81.9 Å². The second-order valence-electron chi connectivity index (χ2n) is 5.59. The van der Waals surface area contributed by atoms with Crippen LogP contribution in [0.4, 0.5) is 0 Å². The fraction of sp³-hybridized carbons (Fsp3) is 0.846. The van der Waals surface area contributed by atoms with Gasteiger partial charge in [-0.25, -0.2) is 4.68 Å². The summed E-state index contributed by atoms with van der Waals surface area (Å²) in [6.45, 7) is 1.83. The zero-order chi connectivity index (χ0) is 14.3. The lowest BCUT2D eigenvalue weighted by atomic mass is 9.71. The maximum absolute atomic E-state index is 12.1. The van der Waals surface area contributed by atoms with Gasteiger partial charge in [0.2, 0.25) is 5.91 Å². The summed E-state index contributed by atoms with van der Waals surface area (Å²) in [6, 6.07) is 0. The average molecular weight is 281 g/mol. The standard InChI is InChI=1S/C13H23N5O2/c1-20-8-7-14-12(19)9-13(5-3-2-4-6-13)10-18-11-15-16-17-18/h11H,2-10H2,1H3,(H,14,19). The number of nitrogens with one attached hydrogen (secondary N) is 1. The van der Waals surface area contributed by atoms with Crippen molar-refractivity contribution in [1.82, 2.24) is 25.5 Å². The van der Waals surface area contributed by atoms with Crippen LogP contribution >= 0.6 is 0 Å². The highest BCUT2D eigenvalue weighted by molar-refractivity contribution is 5.76. The van der Waals surface area contributed by atoms with Crippen molar-refractivity contribution in [3.8, 4) is 0 Å². The zero-order valence-corrected chi connectivity index (χ0v) is 12.0. The van der Waals surface area contributed by atoms with E-state index >= 15 is 0 Å². The fourth-order valence-electron chi connectivity index (χ4n) is 2.98. The summed E-state index contributed by atoms with van der Waals surface area (Å²) in [7, 11) is 1.63. The fourth-order valence-corrected chi connectivity index (χ4v) is 2.98. The largest absolute Gasteiger partial charge is 0.383 e. The second-order valence-corrected chi connectivity index (χ2v) is 5.59. The molecule has 1 saturated carbocycles. The minimum Gasteiger partial charge on any atom is -0.383 e. The molecule has 20 heavy (non-hydrogen) atoms. The third kappa shape index (κ3) is 4.26. The van der Waals surface area contributed by atoms with E-state index in [9.17, 15) is 4.79 Å². The van der Waals surface area contributed by atoms with Crippen LogP contribution in [-0.2, 0) is 16.1 Å². The van der Waals surface area contributed by atoms with Crippen molar-refractivity contribution in [2.45, 2.75) is 45.1 Å². The van der Waals surface area contributed by atoms with Crippen molar-refractivity contribution in [2.75, 3.05) is 20.3 Å². The van der Waals surface area contributed by atoms with Gasteiger partial charge in [0, 0.05) is 20.1 Å². The van der Waals surface area contributed by atoms with E-state index < -0.39 is 0 Å². The number of aromatic nitrogens is 4. The normalized spacial score (nSPS) is 17.9. The van der Waals surface area contributed by atoms with Crippen molar-refractivity contribution < 1.29 is 9.53 Å². The summed E-state index contributed by atoms with van der Waals surface area (Å²) < 4.78 is 6.69. The Labute approximate surface area is 119 Å². The predicted octanol–water partition coefficient (Wildman–Crippen LogP) is 0.776. The number of carbonyl (C=O) groups is 1. The van der Waals surface area contributed by atoms with Crippen LogP contribution in [0, 0.1) is 5.41 Å². The number of amides is 1. The molecule has 0 bridgehead atoms. The molecular weight excluding hydrogens is 258 g/mol. The Bertz CT molecular complexity index is 401. The molecule has 0 aliphatic heterocycles. The molecule has 1 aliphatic carbocycles. The molecule has 7 nitrogen and oxygen atoms in total. The molecule has 7 heteroatoms. The van der Waals surface area contributed by atoms with Crippen LogP contribution in [0.25, 0.3) is 0 Å². The molecule has 0 aromatic carbocycles. The molecule has 1 amide bonds. The Hall–Kier alpha value is -1.50. The molecule has 1 heterocycles. The van der Waals surface area contributed by atoms with E-state index in [1.165, 1.54) is 19.3 Å². The first-order chi connectivity index (χ1) is 9.74. The summed E-state index contributed by atoms with van der Waals surface area (Å²) in [4.78, 5) is 12.1. The number of hydrogen-bond donors (Lipinski definition) is 1. The van der Waals surface area contributed by atoms with E-state index in [1.54, 1.807) is 18.1 Å². The van der Waals surface area contributed by atoms with Crippen molar-refractivity contribution in [1.29, 1.82) is 0 Å². The molecule has 1 fully saturated rings. The molecule has 1 aromatic rings. The molecule has 0 radical (unpaired) electrons. The lowest BCUT2D eigenvalue weighted by molar-refractivity contribution is -0.124. The van der Waals surface area contributed by atoms with E-state index in [-0.39, 0.29) is 11.3 Å². The van der Waals surface area contributed by atoms with Gasteiger partial charge in [0.1, 0.15) is 6.33 Å². The highest BCUT2D eigenvalue weighted by atomic mass is 16.5. The van der Waals surface area contributed by atoms with Crippen LogP contribution in [0.3, 0.4) is 0 Å². The first kappa shape index (κ1) is 14.9. The lowest BCUT2D eigenvalue weighted by Crippen LogP contribution is -2.37. The van der Waals surface area contributed by atoms with Gasteiger partial charge in [-0.15, -0.1) is 5.10 Å². The van der Waals surface area contributed by atoms with Gasteiger partial charge < -0.3 is 10.1 Å². The number of methoxy groups -OCH3 is 1. The summed E-state index contributed by atoms with van der Waals surface area (Å²) in [5.41, 5.74) is -0.00914. The second kappa shape index (κ2) is 7.33. The SMILES string of the molecule is COCCNC(=O)CC1(Cn2cnnn2)CCCCC1. The smallest absolute Gasteiger partial charge is 0.220 e. The lowest BCUT2D eigenvalue weighted by Gasteiger charge is -2.36. The minimum absolute atomic E-state index is 0.00914. The molecule has 1 N–H and O–H groups in total. The average Bonchev–Trinajstić information content (AvgIpc) is 2.92. The molecule has 0 unspecified atom stereocenters. The Morgan fingerprint density at radius 2 is 2.20 bits per heavy atom. The van der Waals surface area contributed by atoms with E-state index in [1.807, 2.05) is 0 Å². The van der Waals surface area contributed by atoms with Crippen LogP contribution in [0.1, 0.15) is 38.5 Å². The number of ether oxygens (including phenoxy) is 1. The van der Waals surface area contributed by atoms with E-state index in [2.05, 4.69) is 20.8 Å². The molecule has 0 saturated heterocycles. The summed E-state index contributed by atoms with van der Waals surface area (Å²) in [5.74, 6) is 0.0945. The monoisotopic (exact) mass is 281 g/mol. The minimum atomic E-state index is -0.00914. The van der Waals surface area contributed by atoms with Crippen LogP contribution in [0.2, 0.25) is 0 Å².